The van der Waals surface area contributed by atoms with E-state index in [-0.39, 0.29) is 11.9 Å². The van der Waals surface area contributed by atoms with Gasteiger partial charge in [-0.1, -0.05) is 30.3 Å². The van der Waals surface area contributed by atoms with Crippen molar-refractivity contribution >= 4 is 22.8 Å². The van der Waals surface area contributed by atoms with Gasteiger partial charge in [0, 0.05) is 42.7 Å². The van der Waals surface area contributed by atoms with E-state index >= 15 is 0 Å². The zero-order valence-electron chi connectivity index (χ0n) is 18.6. The van der Waals surface area contributed by atoms with Crippen LogP contribution in [0.1, 0.15) is 30.2 Å². The van der Waals surface area contributed by atoms with Crippen molar-refractivity contribution in [2.24, 2.45) is 7.05 Å². The molecule has 0 aliphatic rings. The van der Waals surface area contributed by atoms with Crippen LogP contribution in [0.15, 0.2) is 73.2 Å². The Bertz CT molecular complexity index is 1440. The van der Waals surface area contributed by atoms with Crippen molar-refractivity contribution in [3.8, 4) is 22.5 Å². The number of aryl methyl sites for hydroxylation is 1. The largest absolute Gasteiger partial charge is 0.307 e. The summed E-state index contributed by atoms with van der Waals surface area (Å²) in [7, 11) is 1.80. The molecule has 33 heavy (non-hydrogen) atoms. The van der Waals surface area contributed by atoms with E-state index < -0.39 is 0 Å². The number of nitrogens with zero attached hydrogens (tertiary/aromatic N) is 6. The first kappa shape index (κ1) is 20.6. The quantitative estimate of drug-likeness (QED) is 0.429. The normalized spacial score (nSPS) is 11.3. The van der Waals surface area contributed by atoms with Crippen LogP contribution in [0, 0.1) is 0 Å². The minimum atomic E-state index is -0.243. The molecule has 1 N–H and O–H groups in total. The Kier molecular flexibility index (Phi) is 5.18. The van der Waals surface area contributed by atoms with Crippen LogP contribution < -0.4 is 5.32 Å². The number of anilines is 1. The molecule has 0 atom stereocenters. The first-order valence-corrected chi connectivity index (χ1v) is 10.7. The van der Waals surface area contributed by atoms with Crippen LogP contribution in [0.3, 0.4) is 0 Å². The molecule has 1 aromatic carbocycles. The maximum absolute atomic E-state index is 13.5. The van der Waals surface area contributed by atoms with Gasteiger partial charge < -0.3 is 5.32 Å². The van der Waals surface area contributed by atoms with Crippen molar-refractivity contribution in [3.63, 3.8) is 0 Å². The number of hydrogen-bond donors (Lipinski definition) is 1. The number of rotatable bonds is 5. The van der Waals surface area contributed by atoms with E-state index in [0.717, 1.165) is 22.5 Å². The molecule has 5 rings (SSSR count). The summed E-state index contributed by atoms with van der Waals surface area (Å²) in [4.78, 5) is 22.3. The average Bonchev–Trinajstić information content (AvgIpc) is 3.43. The zero-order chi connectivity index (χ0) is 22.9. The molecular formula is C25H23N7O. The maximum Gasteiger partial charge on any atom is 0.257 e. The maximum atomic E-state index is 13.5. The molecular weight excluding hydrogens is 414 g/mol. The van der Waals surface area contributed by atoms with Crippen LogP contribution in [-0.2, 0) is 7.05 Å². The van der Waals surface area contributed by atoms with Gasteiger partial charge in [0.1, 0.15) is 5.82 Å². The smallest absolute Gasteiger partial charge is 0.257 e. The highest BCUT2D eigenvalue weighted by Gasteiger charge is 2.20. The predicted molar refractivity (Wildman–Crippen MR) is 128 cm³/mol. The SMILES string of the molecule is CC(C)n1ncc2c(C(=O)Nc3cc(-c4ccncc4)nn3C)cc(-c3ccccc3)nc21. The Morgan fingerprint density at radius 3 is 2.42 bits per heavy atom. The molecule has 0 saturated heterocycles. The summed E-state index contributed by atoms with van der Waals surface area (Å²) < 4.78 is 3.49. The number of pyridine rings is 2. The van der Waals surface area contributed by atoms with Gasteiger partial charge in [-0.3, -0.25) is 14.5 Å². The summed E-state index contributed by atoms with van der Waals surface area (Å²) in [5.74, 6) is 0.349. The number of benzene rings is 1. The molecule has 4 heterocycles. The second kappa shape index (κ2) is 8.31. The molecule has 0 unspecified atom stereocenters. The van der Waals surface area contributed by atoms with Gasteiger partial charge >= 0.3 is 0 Å². The van der Waals surface area contributed by atoms with Gasteiger partial charge in [-0.2, -0.15) is 10.2 Å². The summed E-state index contributed by atoms with van der Waals surface area (Å²) in [5.41, 5.74) is 4.53. The number of carbonyl (C=O) groups is 1. The minimum Gasteiger partial charge on any atom is -0.307 e. The first-order chi connectivity index (χ1) is 16.0. The van der Waals surface area contributed by atoms with E-state index in [1.54, 1.807) is 30.3 Å². The van der Waals surface area contributed by atoms with Gasteiger partial charge in [0.2, 0.25) is 0 Å². The fourth-order valence-corrected chi connectivity index (χ4v) is 3.77. The van der Waals surface area contributed by atoms with Gasteiger partial charge in [0.25, 0.3) is 5.91 Å². The monoisotopic (exact) mass is 437 g/mol. The van der Waals surface area contributed by atoms with E-state index in [0.29, 0.717) is 22.4 Å². The molecule has 0 aliphatic heterocycles. The molecule has 4 aromatic heterocycles. The van der Waals surface area contributed by atoms with Crippen molar-refractivity contribution < 1.29 is 4.79 Å². The molecule has 1 amide bonds. The minimum absolute atomic E-state index is 0.108. The fourth-order valence-electron chi connectivity index (χ4n) is 3.77. The highest BCUT2D eigenvalue weighted by molar-refractivity contribution is 6.12. The molecule has 0 radical (unpaired) electrons. The Morgan fingerprint density at radius 1 is 0.970 bits per heavy atom. The second-order valence-corrected chi connectivity index (χ2v) is 8.07. The summed E-state index contributed by atoms with van der Waals surface area (Å²) in [5, 5.41) is 12.7. The molecule has 0 bridgehead atoms. The molecule has 8 nitrogen and oxygen atoms in total. The van der Waals surface area contributed by atoms with Crippen molar-refractivity contribution in [1.29, 1.82) is 0 Å². The van der Waals surface area contributed by atoms with E-state index in [2.05, 4.69) is 20.5 Å². The molecule has 164 valence electrons. The molecule has 0 saturated carbocycles. The number of carbonyl (C=O) groups excluding carboxylic acids is 1. The van der Waals surface area contributed by atoms with Crippen LogP contribution in [0.25, 0.3) is 33.5 Å². The lowest BCUT2D eigenvalue weighted by Gasteiger charge is -2.11. The summed E-state index contributed by atoms with van der Waals surface area (Å²) in [6.07, 6.45) is 5.14. The first-order valence-electron chi connectivity index (χ1n) is 10.7. The topological polar surface area (TPSA) is 90.5 Å². The molecule has 5 aromatic rings. The number of fused-ring (bicyclic) bond motifs is 1. The number of amides is 1. The third-order valence-corrected chi connectivity index (χ3v) is 5.47. The van der Waals surface area contributed by atoms with E-state index in [1.165, 1.54) is 0 Å². The van der Waals surface area contributed by atoms with Crippen molar-refractivity contribution in [3.05, 3.63) is 78.8 Å². The zero-order valence-corrected chi connectivity index (χ0v) is 18.6. The lowest BCUT2D eigenvalue weighted by molar-refractivity contribution is 0.102. The van der Waals surface area contributed by atoms with E-state index in [1.807, 2.05) is 73.1 Å². The summed E-state index contributed by atoms with van der Waals surface area (Å²) >= 11 is 0. The van der Waals surface area contributed by atoms with Gasteiger partial charge in [0.15, 0.2) is 5.65 Å². The lowest BCUT2D eigenvalue weighted by Crippen LogP contribution is -2.15. The van der Waals surface area contributed by atoms with Gasteiger partial charge in [0.05, 0.1) is 28.5 Å². The van der Waals surface area contributed by atoms with Crippen LogP contribution in [-0.4, -0.2) is 35.4 Å². The Balaban J connectivity index is 1.57. The van der Waals surface area contributed by atoms with Gasteiger partial charge in [-0.15, -0.1) is 0 Å². The molecule has 0 fully saturated rings. The van der Waals surface area contributed by atoms with Crippen LogP contribution in [0.4, 0.5) is 5.82 Å². The predicted octanol–water partition coefficient (Wildman–Crippen LogP) is 4.73. The van der Waals surface area contributed by atoms with Gasteiger partial charge in [-0.25, -0.2) is 9.67 Å². The number of hydrogen-bond acceptors (Lipinski definition) is 5. The molecule has 0 spiro atoms. The molecule has 8 heteroatoms. The Labute approximate surface area is 190 Å². The Hall–Kier alpha value is -4.33. The van der Waals surface area contributed by atoms with Crippen molar-refractivity contribution in [1.82, 2.24) is 29.5 Å². The fraction of sp³-hybridized carbons (Fsp3) is 0.160. The lowest BCUT2D eigenvalue weighted by atomic mass is 10.1. The molecule has 0 aliphatic carbocycles. The highest BCUT2D eigenvalue weighted by atomic mass is 16.1. The van der Waals surface area contributed by atoms with Crippen LogP contribution in [0.5, 0.6) is 0 Å². The standard InChI is InChI=1S/C25H23N7O/c1-16(2)32-24-20(15-27-32)19(13-21(28-24)17-7-5-4-6-8-17)25(33)29-23-14-22(30-31(23)3)18-9-11-26-12-10-18/h4-16H,1-3H3,(H,29,33). The van der Waals surface area contributed by atoms with Crippen LogP contribution in [0.2, 0.25) is 0 Å². The second-order valence-electron chi connectivity index (χ2n) is 8.07. The van der Waals surface area contributed by atoms with Gasteiger partial charge in [-0.05, 0) is 32.0 Å². The van der Waals surface area contributed by atoms with E-state index in [9.17, 15) is 4.79 Å². The highest BCUT2D eigenvalue weighted by Crippen LogP contribution is 2.27. The third kappa shape index (κ3) is 3.87. The third-order valence-electron chi connectivity index (χ3n) is 5.47. The summed E-state index contributed by atoms with van der Waals surface area (Å²) in [6.45, 7) is 4.08. The van der Waals surface area contributed by atoms with Crippen molar-refractivity contribution in [2.75, 3.05) is 5.32 Å². The van der Waals surface area contributed by atoms with Crippen molar-refractivity contribution in [2.45, 2.75) is 19.9 Å². The van der Waals surface area contributed by atoms with Crippen LogP contribution >= 0.6 is 0 Å². The number of nitrogens with one attached hydrogen (secondary N) is 1. The number of aromatic nitrogens is 6. The summed E-state index contributed by atoms with van der Waals surface area (Å²) in [6, 6.07) is 17.4. The average molecular weight is 438 g/mol. The van der Waals surface area contributed by atoms with E-state index in [4.69, 9.17) is 4.98 Å². The Morgan fingerprint density at radius 2 is 1.70 bits per heavy atom.